The third-order valence-corrected chi connectivity index (χ3v) is 2.40. The second-order valence-corrected chi connectivity index (χ2v) is 5.76. The topological polar surface area (TPSA) is 0 Å². The number of hydrogen-bond donors (Lipinski definition) is 0. The summed E-state index contributed by atoms with van der Waals surface area (Å²) in [7, 11) is -5.48. The van der Waals surface area contributed by atoms with E-state index in [0.29, 0.717) is 10.9 Å². The van der Waals surface area contributed by atoms with Gasteiger partial charge < -0.3 is 17.3 Å². The minimum Gasteiger partial charge on any atom is -0.418 e. The van der Waals surface area contributed by atoms with Gasteiger partial charge in [0.05, 0.1) is 12.5 Å². The highest BCUT2D eigenvalue weighted by atomic mass is 32.2. The average Bonchev–Trinajstić information content (AvgIpc) is 2.16. The molecule has 0 atom stereocenters. The summed E-state index contributed by atoms with van der Waals surface area (Å²) >= 11 is 0. The standard InChI is InChI=1S/C11H15S.BF4/c1-12(2)10-6-9-11-7-4-3-5-8-11;2-1(3,4)5/h3-9H,10H2,1-2H3;/q+1;-1/b9-6+;. The molecule has 0 heterocycles. The maximum absolute atomic E-state index is 9.75. The maximum atomic E-state index is 9.75. The van der Waals surface area contributed by atoms with Gasteiger partial charge in [-0.2, -0.15) is 0 Å². The van der Waals surface area contributed by atoms with E-state index in [1.165, 1.54) is 11.3 Å². The first-order valence-electron chi connectivity index (χ1n) is 4.92. The van der Waals surface area contributed by atoms with Gasteiger partial charge in [0.25, 0.3) is 0 Å². The number of rotatable bonds is 3. The lowest BCUT2D eigenvalue weighted by atomic mass is 10.2. The van der Waals surface area contributed by atoms with E-state index in [4.69, 9.17) is 0 Å². The predicted molar refractivity (Wildman–Crippen MR) is 69.7 cm³/mol. The van der Waals surface area contributed by atoms with Crippen LogP contribution >= 0.6 is 0 Å². The fraction of sp³-hybridized carbons (Fsp3) is 0.273. The lowest BCUT2D eigenvalue weighted by Crippen LogP contribution is -2.02. The van der Waals surface area contributed by atoms with Crippen LogP contribution < -0.4 is 0 Å². The molecule has 0 fully saturated rings. The van der Waals surface area contributed by atoms with Crippen molar-refractivity contribution in [1.82, 2.24) is 0 Å². The van der Waals surface area contributed by atoms with Crippen molar-refractivity contribution in [2.75, 3.05) is 18.3 Å². The normalized spacial score (nSPS) is 11.5. The maximum Gasteiger partial charge on any atom is 0.673 e. The van der Waals surface area contributed by atoms with Gasteiger partial charge in [-0.3, -0.25) is 0 Å². The second kappa shape index (κ2) is 8.22. The Morgan fingerprint density at radius 3 is 1.94 bits per heavy atom. The molecule has 1 aromatic carbocycles. The smallest absolute Gasteiger partial charge is 0.418 e. The molecule has 0 aliphatic carbocycles. The van der Waals surface area contributed by atoms with Gasteiger partial charge in [-0.1, -0.05) is 36.4 Å². The molecular formula is C11H15BF4S. The first-order valence-corrected chi connectivity index (χ1v) is 7.13. The van der Waals surface area contributed by atoms with Crippen molar-refractivity contribution in [2.24, 2.45) is 0 Å². The number of benzene rings is 1. The van der Waals surface area contributed by atoms with Crippen LogP contribution in [0.25, 0.3) is 6.08 Å². The van der Waals surface area contributed by atoms with E-state index >= 15 is 0 Å². The zero-order valence-electron chi connectivity index (χ0n) is 9.75. The van der Waals surface area contributed by atoms with Crippen LogP contribution in [0.4, 0.5) is 17.3 Å². The molecule has 0 saturated heterocycles. The Labute approximate surface area is 102 Å². The lowest BCUT2D eigenvalue weighted by molar-refractivity contribution is 0.368. The third kappa shape index (κ3) is 15.1. The quantitative estimate of drug-likeness (QED) is 0.442. The molecule has 1 aromatic rings. The molecule has 0 bridgehead atoms. The second-order valence-electron chi connectivity index (χ2n) is 3.46. The SMILES string of the molecule is C[S+](C)C/C=C/c1ccccc1.F[B-](F)(F)F. The molecular weight excluding hydrogens is 251 g/mol. The summed E-state index contributed by atoms with van der Waals surface area (Å²) in [6, 6.07) is 10.4. The van der Waals surface area contributed by atoms with E-state index in [2.05, 4.69) is 48.9 Å². The van der Waals surface area contributed by atoms with Gasteiger partial charge in [0.1, 0.15) is 5.75 Å². The van der Waals surface area contributed by atoms with E-state index in [1.807, 2.05) is 6.07 Å². The van der Waals surface area contributed by atoms with E-state index < -0.39 is 7.25 Å². The van der Waals surface area contributed by atoms with Crippen molar-refractivity contribution in [3.05, 3.63) is 42.0 Å². The number of hydrogen-bond acceptors (Lipinski definition) is 0. The Kier molecular flexibility index (Phi) is 7.79. The summed E-state index contributed by atoms with van der Waals surface area (Å²) in [6.07, 6.45) is 8.95. The van der Waals surface area contributed by atoms with E-state index in [0.717, 1.165) is 0 Å². The molecule has 0 spiro atoms. The zero-order chi connectivity index (χ0) is 13.3. The molecule has 0 aliphatic rings. The van der Waals surface area contributed by atoms with Crippen molar-refractivity contribution in [1.29, 1.82) is 0 Å². The van der Waals surface area contributed by atoms with E-state index in [1.54, 1.807) is 0 Å². The molecule has 0 N–H and O–H groups in total. The van der Waals surface area contributed by atoms with Gasteiger partial charge in [-0.25, -0.2) is 0 Å². The highest BCUT2D eigenvalue weighted by molar-refractivity contribution is 7.95. The average molecular weight is 266 g/mol. The Morgan fingerprint density at radius 1 is 1.06 bits per heavy atom. The Bertz CT molecular complexity index is 316. The fourth-order valence-corrected chi connectivity index (χ4v) is 1.42. The molecule has 17 heavy (non-hydrogen) atoms. The summed E-state index contributed by atoms with van der Waals surface area (Å²) in [4.78, 5) is 0. The van der Waals surface area contributed by atoms with Crippen LogP contribution in [0, 0.1) is 0 Å². The van der Waals surface area contributed by atoms with Crippen molar-refractivity contribution in [3.8, 4) is 0 Å². The predicted octanol–water partition coefficient (Wildman–Crippen LogP) is 3.88. The van der Waals surface area contributed by atoms with Crippen LogP contribution in [0.1, 0.15) is 5.56 Å². The number of halogens is 4. The summed E-state index contributed by atoms with van der Waals surface area (Å²) < 4.78 is 39.0. The molecule has 1 rings (SSSR count). The van der Waals surface area contributed by atoms with Crippen molar-refractivity contribution < 1.29 is 17.3 Å². The Morgan fingerprint density at radius 2 is 1.53 bits per heavy atom. The molecule has 0 amide bonds. The molecule has 0 aliphatic heterocycles. The Hall–Kier alpha value is -0.905. The van der Waals surface area contributed by atoms with Crippen LogP contribution in [0.3, 0.4) is 0 Å². The van der Waals surface area contributed by atoms with Gasteiger partial charge in [0.2, 0.25) is 0 Å². The third-order valence-electron chi connectivity index (χ3n) is 1.54. The van der Waals surface area contributed by atoms with Crippen LogP contribution in [0.2, 0.25) is 0 Å². The molecule has 6 heteroatoms. The highest BCUT2D eigenvalue weighted by Gasteiger charge is 2.20. The van der Waals surface area contributed by atoms with Gasteiger partial charge >= 0.3 is 7.25 Å². The van der Waals surface area contributed by atoms with Crippen LogP contribution in [0.15, 0.2) is 36.4 Å². The van der Waals surface area contributed by atoms with Crippen LogP contribution in [-0.4, -0.2) is 25.5 Å². The van der Waals surface area contributed by atoms with Gasteiger partial charge in [-0.05, 0) is 22.5 Å². The lowest BCUT2D eigenvalue weighted by Gasteiger charge is -1.94. The zero-order valence-corrected chi connectivity index (χ0v) is 10.6. The van der Waals surface area contributed by atoms with Crippen LogP contribution in [0.5, 0.6) is 0 Å². The molecule has 0 nitrogen and oxygen atoms in total. The minimum absolute atomic E-state index is 0.524. The van der Waals surface area contributed by atoms with E-state index in [9.17, 15) is 17.3 Å². The summed E-state index contributed by atoms with van der Waals surface area (Å²) in [5.41, 5.74) is 1.29. The van der Waals surface area contributed by atoms with Crippen LogP contribution in [-0.2, 0) is 10.9 Å². The van der Waals surface area contributed by atoms with Gasteiger partial charge in [-0.15, -0.1) is 0 Å². The van der Waals surface area contributed by atoms with E-state index in [-0.39, 0.29) is 0 Å². The monoisotopic (exact) mass is 266 g/mol. The van der Waals surface area contributed by atoms with Gasteiger partial charge in [0.15, 0.2) is 0 Å². The fourth-order valence-electron chi connectivity index (χ4n) is 0.941. The Balaban J connectivity index is 0.000000437. The summed E-state index contributed by atoms with van der Waals surface area (Å²) in [5, 5.41) is 0. The van der Waals surface area contributed by atoms with Gasteiger partial charge in [0, 0.05) is 0 Å². The summed E-state index contributed by atoms with van der Waals surface area (Å²) in [6.45, 7) is 0. The van der Waals surface area contributed by atoms with Crippen molar-refractivity contribution >= 4 is 24.2 Å². The molecule has 96 valence electrons. The molecule has 0 radical (unpaired) electrons. The first kappa shape index (κ1) is 16.1. The largest absolute Gasteiger partial charge is 0.673 e. The molecule has 0 aromatic heterocycles. The van der Waals surface area contributed by atoms with Crippen molar-refractivity contribution in [3.63, 3.8) is 0 Å². The molecule has 0 saturated carbocycles. The van der Waals surface area contributed by atoms with Crippen molar-refractivity contribution in [2.45, 2.75) is 0 Å². The minimum atomic E-state index is -6.00. The first-order chi connectivity index (χ1) is 7.79. The summed E-state index contributed by atoms with van der Waals surface area (Å²) in [5.74, 6) is 1.19. The highest BCUT2D eigenvalue weighted by Crippen LogP contribution is 2.06. The molecule has 0 unspecified atom stereocenters.